The Morgan fingerprint density at radius 1 is 1.23 bits per heavy atom. The molecule has 1 N–H and O–H groups in total. The van der Waals surface area contributed by atoms with Crippen molar-refractivity contribution in [2.75, 3.05) is 11.5 Å². The van der Waals surface area contributed by atoms with Crippen LogP contribution in [0.4, 0.5) is 0 Å². The van der Waals surface area contributed by atoms with Crippen LogP contribution in [-0.4, -0.2) is 33.4 Å². The molecule has 1 aromatic carbocycles. The molecule has 1 fully saturated rings. The van der Waals surface area contributed by atoms with Crippen LogP contribution in [0.3, 0.4) is 0 Å². The maximum atomic E-state index is 12.3. The van der Waals surface area contributed by atoms with Gasteiger partial charge in [-0.1, -0.05) is 44.2 Å². The van der Waals surface area contributed by atoms with Crippen molar-refractivity contribution < 1.29 is 13.8 Å². The topological polar surface area (TPSA) is 63.2 Å². The highest BCUT2D eigenvalue weighted by Gasteiger charge is 2.28. The molecule has 0 aromatic heterocycles. The van der Waals surface area contributed by atoms with E-state index in [-0.39, 0.29) is 17.7 Å². The summed E-state index contributed by atoms with van der Waals surface area (Å²) in [5.74, 6) is 1.21. The van der Waals surface area contributed by atoms with E-state index in [9.17, 15) is 13.8 Å². The van der Waals surface area contributed by atoms with Crippen molar-refractivity contribution in [2.45, 2.75) is 39.2 Å². The molecule has 0 unspecified atom stereocenters. The molecule has 1 saturated heterocycles. The molecule has 22 heavy (non-hydrogen) atoms. The molecule has 4 nitrogen and oxygen atoms in total. The van der Waals surface area contributed by atoms with Crippen molar-refractivity contribution >= 4 is 22.5 Å². The predicted octanol–water partition coefficient (Wildman–Crippen LogP) is 2.31. The number of rotatable bonds is 6. The Hall–Kier alpha value is -1.49. The third kappa shape index (κ3) is 5.05. The number of Topliss-reactive ketones (excluding diaryl/α,β-unsaturated/α-hetero) is 1. The summed E-state index contributed by atoms with van der Waals surface area (Å²) in [6.07, 6.45) is 1.41. The van der Waals surface area contributed by atoms with Crippen LogP contribution < -0.4 is 5.32 Å². The molecule has 2 rings (SSSR count). The van der Waals surface area contributed by atoms with Crippen LogP contribution in [-0.2, 0) is 15.6 Å². The number of amides is 1. The Kier molecular flexibility index (Phi) is 5.51. The van der Waals surface area contributed by atoms with Crippen LogP contribution in [0.2, 0.25) is 0 Å². The van der Waals surface area contributed by atoms with E-state index in [0.717, 1.165) is 6.42 Å². The zero-order valence-corrected chi connectivity index (χ0v) is 13.9. The Bertz CT molecular complexity index is 569. The zero-order valence-electron chi connectivity index (χ0n) is 13.1. The lowest BCUT2D eigenvalue weighted by Gasteiger charge is -2.24. The molecule has 5 heteroatoms. The average molecular weight is 321 g/mol. The standard InChI is InChI=1S/C17H23NO3S/c1-17(2,10-15(19)13-6-4-3-5-7-13)11-16(20)18-14-8-9-22(21)12-14/h3-7,14H,8-12H2,1-2H3,(H,18,20)/t14-,22+/m0/s1. The number of benzene rings is 1. The largest absolute Gasteiger partial charge is 0.352 e. The summed E-state index contributed by atoms with van der Waals surface area (Å²) in [6.45, 7) is 3.86. The summed E-state index contributed by atoms with van der Waals surface area (Å²) in [6, 6.07) is 9.17. The molecule has 1 aliphatic heterocycles. The van der Waals surface area contributed by atoms with Crippen LogP contribution >= 0.6 is 0 Å². The van der Waals surface area contributed by atoms with E-state index in [2.05, 4.69) is 5.32 Å². The van der Waals surface area contributed by atoms with Crippen molar-refractivity contribution in [1.82, 2.24) is 5.32 Å². The zero-order chi connectivity index (χ0) is 16.2. The second-order valence-electron chi connectivity index (χ2n) is 6.67. The minimum Gasteiger partial charge on any atom is -0.352 e. The highest BCUT2D eigenvalue weighted by molar-refractivity contribution is 7.85. The van der Waals surface area contributed by atoms with Gasteiger partial charge in [-0.05, 0) is 11.8 Å². The summed E-state index contributed by atoms with van der Waals surface area (Å²) in [5.41, 5.74) is 0.288. The normalized spacial score (nSPS) is 21.5. The lowest BCUT2D eigenvalue weighted by Crippen LogP contribution is -2.38. The van der Waals surface area contributed by atoms with Crippen molar-refractivity contribution in [3.63, 3.8) is 0 Å². The monoisotopic (exact) mass is 321 g/mol. The first kappa shape index (κ1) is 16.9. The van der Waals surface area contributed by atoms with Gasteiger partial charge in [0.1, 0.15) is 0 Å². The fourth-order valence-corrected chi connectivity index (χ4v) is 4.13. The molecule has 1 amide bonds. The quantitative estimate of drug-likeness (QED) is 0.818. The smallest absolute Gasteiger partial charge is 0.220 e. The lowest BCUT2D eigenvalue weighted by molar-refractivity contribution is -0.123. The predicted molar refractivity (Wildman–Crippen MR) is 88.2 cm³/mol. The first-order valence-corrected chi connectivity index (χ1v) is 9.07. The molecule has 1 heterocycles. The van der Waals surface area contributed by atoms with E-state index in [1.54, 1.807) is 12.1 Å². The molecule has 0 aliphatic carbocycles. The van der Waals surface area contributed by atoms with Gasteiger partial charge in [0.05, 0.1) is 0 Å². The third-order valence-electron chi connectivity index (χ3n) is 3.82. The summed E-state index contributed by atoms with van der Waals surface area (Å²) in [5, 5.41) is 2.94. The van der Waals surface area contributed by atoms with E-state index in [1.807, 2.05) is 32.0 Å². The van der Waals surface area contributed by atoms with E-state index in [0.29, 0.717) is 29.9 Å². The molecular formula is C17H23NO3S. The minimum atomic E-state index is -0.795. The molecule has 0 bridgehead atoms. The third-order valence-corrected chi connectivity index (χ3v) is 5.29. The van der Waals surface area contributed by atoms with Gasteiger partial charge in [0.2, 0.25) is 5.91 Å². The minimum absolute atomic E-state index is 0.0222. The second kappa shape index (κ2) is 7.18. The van der Waals surface area contributed by atoms with Crippen molar-refractivity contribution in [3.05, 3.63) is 35.9 Å². The van der Waals surface area contributed by atoms with Gasteiger partial charge in [-0.15, -0.1) is 0 Å². The summed E-state index contributed by atoms with van der Waals surface area (Å²) in [4.78, 5) is 24.4. The van der Waals surface area contributed by atoms with Gasteiger partial charge in [-0.3, -0.25) is 13.8 Å². The number of hydrogen-bond acceptors (Lipinski definition) is 3. The summed E-state index contributed by atoms with van der Waals surface area (Å²) < 4.78 is 11.3. The lowest BCUT2D eigenvalue weighted by atomic mass is 9.82. The summed E-state index contributed by atoms with van der Waals surface area (Å²) >= 11 is 0. The number of ketones is 1. The summed E-state index contributed by atoms with van der Waals surface area (Å²) in [7, 11) is -0.795. The van der Waals surface area contributed by atoms with E-state index in [4.69, 9.17) is 0 Å². The van der Waals surface area contributed by atoms with Crippen LogP contribution in [0.1, 0.15) is 43.5 Å². The Morgan fingerprint density at radius 2 is 1.91 bits per heavy atom. The molecule has 1 aliphatic rings. The molecule has 0 saturated carbocycles. The van der Waals surface area contributed by atoms with Gasteiger partial charge < -0.3 is 5.32 Å². The Balaban J connectivity index is 1.86. The molecule has 2 atom stereocenters. The molecule has 0 spiro atoms. The Labute approximate surface area is 134 Å². The van der Waals surface area contributed by atoms with Crippen LogP contribution in [0, 0.1) is 5.41 Å². The Morgan fingerprint density at radius 3 is 2.50 bits per heavy atom. The molecule has 0 radical (unpaired) electrons. The van der Waals surface area contributed by atoms with E-state index in [1.165, 1.54) is 0 Å². The number of hydrogen-bond donors (Lipinski definition) is 1. The highest BCUT2D eigenvalue weighted by atomic mass is 32.2. The molecule has 1 aromatic rings. The van der Waals surface area contributed by atoms with E-state index < -0.39 is 16.2 Å². The first-order valence-electron chi connectivity index (χ1n) is 7.58. The van der Waals surface area contributed by atoms with E-state index >= 15 is 0 Å². The fourth-order valence-electron chi connectivity index (χ4n) is 2.72. The average Bonchev–Trinajstić information content (AvgIpc) is 2.83. The molecule has 120 valence electrons. The number of nitrogens with one attached hydrogen (secondary N) is 1. The van der Waals surface area contributed by atoms with Gasteiger partial charge in [0.25, 0.3) is 0 Å². The highest BCUT2D eigenvalue weighted by Crippen LogP contribution is 2.27. The van der Waals surface area contributed by atoms with Crippen molar-refractivity contribution in [3.8, 4) is 0 Å². The van der Waals surface area contributed by atoms with Crippen molar-refractivity contribution in [1.29, 1.82) is 0 Å². The SMILES string of the molecule is CC(C)(CC(=O)N[C@H]1CC[S@@](=O)C1)CC(=O)c1ccccc1. The van der Waals surface area contributed by atoms with Crippen LogP contribution in [0.15, 0.2) is 30.3 Å². The number of carbonyl (C=O) groups excluding carboxylic acids is 2. The van der Waals surface area contributed by atoms with Crippen LogP contribution in [0.25, 0.3) is 0 Å². The maximum Gasteiger partial charge on any atom is 0.220 e. The fraction of sp³-hybridized carbons (Fsp3) is 0.529. The van der Waals surface area contributed by atoms with Gasteiger partial charge in [-0.2, -0.15) is 0 Å². The number of carbonyl (C=O) groups is 2. The first-order chi connectivity index (χ1) is 10.4. The van der Waals surface area contributed by atoms with Gasteiger partial charge in [0.15, 0.2) is 5.78 Å². The van der Waals surface area contributed by atoms with Gasteiger partial charge in [-0.25, -0.2) is 0 Å². The van der Waals surface area contributed by atoms with Crippen molar-refractivity contribution in [2.24, 2.45) is 5.41 Å². The van der Waals surface area contributed by atoms with Gasteiger partial charge in [0, 0.05) is 46.8 Å². The second-order valence-corrected chi connectivity index (χ2v) is 8.29. The maximum absolute atomic E-state index is 12.3. The molecular weight excluding hydrogens is 298 g/mol. The van der Waals surface area contributed by atoms with Gasteiger partial charge >= 0.3 is 0 Å². The van der Waals surface area contributed by atoms with Crippen LogP contribution in [0.5, 0.6) is 0 Å².